The molecule has 64 heavy (non-hydrogen) atoms. The molecule has 0 aliphatic carbocycles. The van der Waals surface area contributed by atoms with Gasteiger partial charge in [-0.05, 0) is 130 Å². The number of rotatable bonds is 20. The predicted molar refractivity (Wildman–Crippen MR) is 271 cm³/mol. The van der Waals surface area contributed by atoms with Crippen molar-refractivity contribution >= 4 is 0 Å². The maximum atomic E-state index is 13.8. The number of fused-ring (bicyclic) bond motifs is 4. The van der Waals surface area contributed by atoms with E-state index in [4.69, 9.17) is 0 Å². The van der Waals surface area contributed by atoms with Gasteiger partial charge in [-0.3, -0.25) is 27.9 Å². The molecular weight excluding hydrogens is 797 g/mol. The maximum Gasteiger partial charge on any atom is 0.331 e. The highest BCUT2D eigenvalue weighted by Gasteiger charge is 2.26. The Kier molecular flexibility index (Phi) is 27.9. The van der Waals surface area contributed by atoms with E-state index < -0.39 is 0 Å². The quantitative estimate of drug-likeness (QED) is 0.0978. The number of aryl methyl sites for hydroxylation is 2. The first-order chi connectivity index (χ1) is 31.1. The molecule has 0 amide bonds. The van der Waals surface area contributed by atoms with Gasteiger partial charge in [-0.2, -0.15) is 0 Å². The molecule has 4 bridgehead atoms. The first kappa shape index (κ1) is 55.6. The van der Waals surface area contributed by atoms with E-state index in [0.717, 1.165) is 137 Å². The van der Waals surface area contributed by atoms with Gasteiger partial charge in [0.05, 0.1) is 52.4 Å². The molecule has 3 rings (SSSR count). The van der Waals surface area contributed by atoms with Gasteiger partial charge in [0, 0.05) is 49.7 Å². The van der Waals surface area contributed by atoms with Crippen LogP contribution >= 0.6 is 0 Å². The van der Waals surface area contributed by atoms with Crippen molar-refractivity contribution in [3.63, 3.8) is 0 Å². The molecule has 10 heteroatoms. The van der Waals surface area contributed by atoms with Crippen LogP contribution in [0.5, 0.6) is 0 Å². The van der Waals surface area contributed by atoms with Gasteiger partial charge in [-0.1, -0.05) is 90.9 Å². The molecule has 0 unspecified atom stereocenters. The van der Waals surface area contributed by atoms with Crippen molar-refractivity contribution < 1.29 is 8.97 Å². The maximum absolute atomic E-state index is 13.8. The molecule has 368 valence electrons. The van der Waals surface area contributed by atoms with Gasteiger partial charge in [0.2, 0.25) is 0 Å². The molecule has 3 heterocycles. The third-order valence-electron chi connectivity index (χ3n) is 15.3. The van der Waals surface area contributed by atoms with Gasteiger partial charge in [0.15, 0.2) is 0 Å². The minimum Gasteiger partial charge on any atom is -0.324 e. The monoisotopic (exact) mass is 897 g/mol. The number of aromatic nitrogens is 4. The van der Waals surface area contributed by atoms with E-state index in [9.17, 15) is 19.2 Å². The summed E-state index contributed by atoms with van der Waals surface area (Å²) in [4.78, 5) is 53.9. The Morgan fingerprint density at radius 3 is 0.953 bits per heavy atom. The zero-order chi connectivity index (χ0) is 46.5. The molecule has 0 radical (unpaired) electrons. The van der Waals surface area contributed by atoms with Gasteiger partial charge >= 0.3 is 11.4 Å². The van der Waals surface area contributed by atoms with E-state index in [-0.39, 0.29) is 22.5 Å². The van der Waals surface area contributed by atoms with Crippen LogP contribution in [0.3, 0.4) is 0 Å². The van der Waals surface area contributed by atoms with Gasteiger partial charge in [0.1, 0.15) is 0 Å². The molecule has 0 N–H and O–H groups in total. The fourth-order valence-electron chi connectivity index (χ4n) is 10.8. The molecule has 0 saturated carbocycles. The van der Waals surface area contributed by atoms with Crippen LogP contribution in [0.1, 0.15) is 219 Å². The zero-order valence-electron chi connectivity index (χ0n) is 42.8. The molecule has 0 fully saturated rings. The standard InChI is InChI=1S/C54H100N6O4/c1-7-11-13-15-17-19-21-31-41-59(9-3)43-33-23-27-37-55-49(5)47-51(61)57(53(55)63)39-29-25-35-45-60(10-4,42-32-22-20-18-16-14-12-8-2)46-36-26-30-40-58-52(62)48-50(6)56(54(58)64)38-28-24-34-44-59/h47-48H,7-46H2,1-6H3/q+2. The zero-order valence-corrected chi connectivity index (χ0v) is 42.8. The summed E-state index contributed by atoms with van der Waals surface area (Å²) in [5.74, 6) is 0. The fourth-order valence-corrected chi connectivity index (χ4v) is 10.8. The van der Waals surface area contributed by atoms with E-state index in [1.54, 1.807) is 12.1 Å². The molecule has 10 nitrogen and oxygen atoms in total. The van der Waals surface area contributed by atoms with E-state index in [1.807, 2.05) is 23.0 Å². The number of quaternary nitrogens is 2. The first-order valence-corrected chi connectivity index (χ1v) is 27.4. The van der Waals surface area contributed by atoms with Crippen LogP contribution in [-0.2, 0) is 26.2 Å². The van der Waals surface area contributed by atoms with Crippen molar-refractivity contribution in [2.45, 2.75) is 248 Å². The Morgan fingerprint density at radius 1 is 0.375 bits per heavy atom. The second-order valence-electron chi connectivity index (χ2n) is 20.3. The lowest BCUT2D eigenvalue weighted by Gasteiger charge is -2.38. The highest BCUT2D eigenvalue weighted by atomic mass is 16.2. The van der Waals surface area contributed by atoms with Gasteiger partial charge in [-0.15, -0.1) is 0 Å². The molecule has 1 aliphatic rings. The van der Waals surface area contributed by atoms with Crippen LogP contribution in [0.4, 0.5) is 0 Å². The van der Waals surface area contributed by atoms with Crippen molar-refractivity contribution in [3.8, 4) is 0 Å². The third kappa shape index (κ3) is 19.6. The minimum absolute atomic E-state index is 0.134. The van der Waals surface area contributed by atoms with E-state index in [0.29, 0.717) is 26.2 Å². The molecular formula is C54H100N6O4+2. The molecule has 0 aromatic carbocycles. The fraction of sp³-hybridized carbons (Fsp3) is 0.852. The Bertz CT molecular complexity index is 1690. The van der Waals surface area contributed by atoms with Crippen LogP contribution in [0.15, 0.2) is 31.3 Å². The molecule has 2 aromatic heterocycles. The molecule has 0 atom stereocenters. The topological polar surface area (TPSA) is 88.0 Å². The molecule has 2 aromatic rings. The number of hydrogen-bond donors (Lipinski definition) is 0. The van der Waals surface area contributed by atoms with Gasteiger partial charge in [-0.25, -0.2) is 9.59 Å². The SMILES string of the molecule is CCCCCCCCCC[N+]1(CC)CCCCCn2c(C)cc(=O)n(c2=O)CCCCC[N+](CC)(CCCCCCCCCC)CCCCCn2c(=O)cc(C)n(c2=O)CCCCC1. The highest BCUT2D eigenvalue weighted by molar-refractivity contribution is 5.01. The smallest absolute Gasteiger partial charge is 0.324 e. The summed E-state index contributed by atoms with van der Waals surface area (Å²) in [6.45, 7) is 24.5. The van der Waals surface area contributed by atoms with Crippen LogP contribution in [0.2, 0.25) is 0 Å². The normalized spacial score (nSPS) is 20.7. The second kappa shape index (κ2) is 32.1. The predicted octanol–water partition coefficient (Wildman–Crippen LogP) is 11.3. The van der Waals surface area contributed by atoms with Crippen molar-refractivity contribution in [3.05, 3.63) is 65.2 Å². The van der Waals surface area contributed by atoms with E-state index in [1.165, 1.54) is 125 Å². The summed E-state index contributed by atoms with van der Waals surface area (Å²) in [6, 6.07) is 3.35. The van der Waals surface area contributed by atoms with Crippen molar-refractivity contribution in [1.82, 2.24) is 18.3 Å². The third-order valence-corrected chi connectivity index (χ3v) is 15.3. The summed E-state index contributed by atoms with van der Waals surface area (Å²) < 4.78 is 8.96. The average Bonchev–Trinajstić information content (AvgIpc) is 3.28. The van der Waals surface area contributed by atoms with Crippen molar-refractivity contribution in [1.29, 1.82) is 0 Å². The summed E-state index contributed by atoms with van der Waals surface area (Å²) in [5, 5.41) is 0. The average molecular weight is 897 g/mol. The number of hydrogen-bond acceptors (Lipinski definition) is 4. The van der Waals surface area contributed by atoms with Crippen LogP contribution in [0.25, 0.3) is 0 Å². The Balaban J connectivity index is 1.76. The lowest BCUT2D eigenvalue weighted by Crippen LogP contribution is -2.50. The van der Waals surface area contributed by atoms with Crippen molar-refractivity contribution in [2.24, 2.45) is 0 Å². The largest absolute Gasteiger partial charge is 0.331 e. The Hall–Kier alpha value is -2.72. The molecule has 1 aliphatic heterocycles. The minimum atomic E-state index is -0.162. The Morgan fingerprint density at radius 2 is 0.656 bits per heavy atom. The van der Waals surface area contributed by atoms with Gasteiger partial charge in [0.25, 0.3) is 11.1 Å². The van der Waals surface area contributed by atoms with Crippen LogP contribution in [0, 0.1) is 13.8 Å². The summed E-state index contributed by atoms with van der Waals surface area (Å²) in [5.41, 5.74) is 0.967. The lowest BCUT2D eigenvalue weighted by molar-refractivity contribution is -0.927. The summed E-state index contributed by atoms with van der Waals surface area (Å²) in [7, 11) is 0. The van der Waals surface area contributed by atoms with Gasteiger partial charge < -0.3 is 8.97 Å². The van der Waals surface area contributed by atoms with E-state index >= 15 is 0 Å². The second-order valence-corrected chi connectivity index (χ2v) is 20.3. The van der Waals surface area contributed by atoms with Crippen molar-refractivity contribution in [2.75, 3.05) is 52.4 Å². The first-order valence-electron chi connectivity index (χ1n) is 27.4. The number of nitrogens with zero attached hydrogens (tertiary/aromatic N) is 6. The van der Waals surface area contributed by atoms with Crippen LogP contribution in [-0.4, -0.2) is 79.6 Å². The number of unbranched alkanes of at least 4 members (excludes halogenated alkanes) is 14. The summed E-state index contributed by atoms with van der Waals surface area (Å²) >= 11 is 0. The Labute approximate surface area is 391 Å². The lowest BCUT2D eigenvalue weighted by atomic mass is 10.1. The van der Waals surface area contributed by atoms with Crippen LogP contribution < -0.4 is 22.5 Å². The molecule has 0 saturated heterocycles. The van der Waals surface area contributed by atoms with E-state index in [2.05, 4.69) is 27.7 Å². The molecule has 0 spiro atoms. The highest BCUT2D eigenvalue weighted by Crippen LogP contribution is 2.20. The summed E-state index contributed by atoms with van der Waals surface area (Å²) in [6.07, 6.45) is 33.2.